The molecular formula is C23H29N6O7P. The van der Waals surface area contributed by atoms with Gasteiger partial charge in [0.1, 0.15) is 24.1 Å². The molecule has 2 fully saturated rings. The molecule has 1 saturated carbocycles. The SMILES string of the molecule is CC(C)OC(=O)[C@H](C)NP(=O)(Oc1ccccc1)OC1[C@H]2O[C@@H](n3cnc4c(=O)[nH]c(N)nc43)C[C@@]12C. The Labute approximate surface area is 212 Å². The van der Waals surface area contributed by atoms with Gasteiger partial charge in [0.05, 0.1) is 18.5 Å². The van der Waals surface area contributed by atoms with Gasteiger partial charge in [-0.25, -0.2) is 9.55 Å². The second kappa shape index (κ2) is 9.25. The molecule has 2 aliphatic rings. The largest absolute Gasteiger partial charge is 0.462 e. The topological polar surface area (TPSA) is 173 Å². The van der Waals surface area contributed by atoms with E-state index < -0.39 is 49.2 Å². The minimum absolute atomic E-state index is 0.0231. The van der Waals surface area contributed by atoms with Crippen molar-refractivity contribution in [3.63, 3.8) is 0 Å². The Kier molecular flexibility index (Phi) is 6.35. The minimum atomic E-state index is -4.04. The lowest BCUT2D eigenvalue weighted by Gasteiger charge is -2.25. The maximum absolute atomic E-state index is 13.9. The first-order chi connectivity index (χ1) is 17.5. The second-order valence-electron chi connectivity index (χ2n) is 9.76. The smallest absolute Gasteiger partial charge is 0.459 e. The molecule has 2 unspecified atom stereocenters. The third-order valence-electron chi connectivity index (χ3n) is 6.42. The Bertz CT molecular complexity index is 1430. The molecule has 0 radical (unpaired) electrons. The number of H-pyrrole nitrogens is 1. The van der Waals surface area contributed by atoms with Gasteiger partial charge >= 0.3 is 13.7 Å². The summed E-state index contributed by atoms with van der Waals surface area (Å²) in [6.07, 6.45) is 0.152. The molecular weight excluding hydrogens is 503 g/mol. The molecule has 14 heteroatoms. The lowest BCUT2D eigenvalue weighted by molar-refractivity contribution is -0.149. The van der Waals surface area contributed by atoms with Gasteiger partial charge in [0.15, 0.2) is 11.2 Å². The number of hydrogen-bond donors (Lipinski definition) is 3. The van der Waals surface area contributed by atoms with Crippen molar-refractivity contribution in [2.45, 2.75) is 64.7 Å². The second-order valence-corrected chi connectivity index (χ2v) is 11.4. The highest BCUT2D eigenvalue weighted by atomic mass is 31.2. The highest BCUT2D eigenvalue weighted by molar-refractivity contribution is 7.52. The van der Waals surface area contributed by atoms with Crippen molar-refractivity contribution in [1.82, 2.24) is 24.6 Å². The van der Waals surface area contributed by atoms with Crippen LogP contribution >= 0.6 is 7.75 Å². The van der Waals surface area contributed by atoms with E-state index in [1.165, 1.54) is 13.3 Å². The van der Waals surface area contributed by atoms with Crippen LogP contribution < -0.4 is 20.9 Å². The predicted molar refractivity (Wildman–Crippen MR) is 133 cm³/mol. The van der Waals surface area contributed by atoms with Crippen molar-refractivity contribution in [3.05, 3.63) is 47.0 Å². The third kappa shape index (κ3) is 4.87. The highest BCUT2D eigenvalue weighted by Gasteiger charge is 2.71. The number of ether oxygens (including phenoxy) is 2. The number of anilines is 1. The average Bonchev–Trinajstić information content (AvgIpc) is 3.13. The van der Waals surface area contributed by atoms with E-state index in [4.69, 9.17) is 24.3 Å². The van der Waals surface area contributed by atoms with E-state index in [0.29, 0.717) is 17.8 Å². The Hall–Kier alpha value is -3.25. The third-order valence-corrected chi connectivity index (χ3v) is 8.08. The van der Waals surface area contributed by atoms with Crippen molar-refractivity contribution < 1.29 is 27.9 Å². The number of nitrogens with two attached hydrogens (primary N) is 1. The van der Waals surface area contributed by atoms with Gasteiger partial charge in [0.2, 0.25) is 5.95 Å². The summed E-state index contributed by atoms with van der Waals surface area (Å²) in [5, 5.41) is 2.70. The van der Waals surface area contributed by atoms with Crippen molar-refractivity contribution in [2.24, 2.45) is 5.41 Å². The Morgan fingerprint density at radius 2 is 2.05 bits per heavy atom. The van der Waals surface area contributed by atoms with Gasteiger partial charge in [-0.15, -0.1) is 0 Å². The zero-order chi connectivity index (χ0) is 26.5. The van der Waals surface area contributed by atoms with Crippen molar-refractivity contribution in [3.8, 4) is 5.75 Å². The molecule has 3 aromatic rings. The van der Waals surface area contributed by atoms with Crippen LogP contribution in [-0.2, 0) is 23.4 Å². The summed E-state index contributed by atoms with van der Waals surface area (Å²) >= 11 is 0. The van der Waals surface area contributed by atoms with Crippen LogP contribution in [0.15, 0.2) is 41.5 Å². The number of nitrogen functional groups attached to an aromatic ring is 1. The van der Waals surface area contributed by atoms with Gasteiger partial charge < -0.3 is 19.7 Å². The highest BCUT2D eigenvalue weighted by Crippen LogP contribution is 2.66. The summed E-state index contributed by atoms with van der Waals surface area (Å²) in [6.45, 7) is 6.93. The van der Waals surface area contributed by atoms with E-state index in [1.807, 2.05) is 6.92 Å². The van der Waals surface area contributed by atoms with Gasteiger partial charge in [0, 0.05) is 11.8 Å². The van der Waals surface area contributed by atoms with Crippen molar-refractivity contribution in [2.75, 3.05) is 5.73 Å². The van der Waals surface area contributed by atoms with E-state index >= 15 is 0 Å². The number of rotatable bonds is 9. The molecule has 1 aliphatic heterocycles. The molecule has 13 nitrogen and oxygen atoms in total. The number of benzene rings is 1. The van der Waals surface area contributed by atoms with Crippen LogP contribution in [-0.4, -0.2) is 49.8 Å². The van der Waals surface area contributed by atoms with Gasteiger partial charge in [-0.1, -0.05) is 25.1 Å². The molecule has 1 aromatic carbocycles. The predicted octanol–water partition coefficient (Wildman–Crippen LogP) is 2.51. The van der Waals surface area contributed by atoms with E-state index in [9.17, 15) is 14.2 Å². The number of fused-ring (bicyclic) bond motifs is 2. The van der Waals surface area contributed by atoms with Crippen LogP contribution in [0.25, 0.3) is 11.2 Å². The van der Waals surface area contributed by atoms with Crippen molar-refractivity contribution in [1.29, 1.82) is 0 Å². The minimum Gasteiger partial charge on any atom is -0.462 e. The van der Waals surface area contributed by atoms with E-state index in [-0.39, 0.29) is 17.6 Å². The number of imidazole rings is 1. The first-order valence-electron chi connectivity index (χ1n) is 11.9. The molecule has 1 aliphatic carbocycles. The molecule has 5 rings (SSSR count). The average molecular weight is 532 g/mol. The number of para-hydroxylation sites is 1. The fourth-order valence-corrected chi connectivity index (χ4v) is 6.29. The number of carbonyl (C=O) groups excluding carboxylic acids is 1. The molecule has 4 N–H and O–H groups in total. The molecule has 1 saturated heterocycles. The van der Waals surface area contributed by atoms with Crippen LogP contribution in [0.1, 0.15) is 40.3 Å². The molecule has 198 valence electrons. The molecule has 3 heterocycles. The summed E-state index contributed by atoms with van der Waals surface area (Å²) in [7, 11) is -4.04. The maximum atomic E-state index is 13.9. The van der Waals surface area contributed by atoms with E-state index in [1.54, 1.807) is 48.7 Å². The van der Waals surface area contributed by atoms with Crippen LogP contribution in [0.3, 0.4) is 0 Å². The number of nitrogens with one attached hydrogen (secondary N) is 2. The van der Waals surface area contributed by atoms with Crippen LogP contribution in [0, 0.1) is 5.41 Å². The maximum Gasteiger partial charge on any atom is 0.459 e. The molecule has 0 bridgehead atoms. The Morgan fingerprint density at radius 1 is 1.32 bits per heavy atom. The first-order valence-corrected chi connectivity index (χ1v) is 13.4. The number of aromatic amines is 1. The Morgan fingerprint density at radius 3 is 2.70 bits per heavy atom. The summed E-state index contributed by atoms with van der Waals surface area (Å²) < 4.78 is 38.7. The quantitative estimate of drug-likeness (QED) is 0.273. The molecule has 6 atom stereocenters. The molecule has 0 spiro atoms. The van der Waals surface area contributed by atoms with E-state index in [2.05, 4.69) is 20.0 Å². The fraction of sp³-hybridized carbons (Fsp3) is 0.478. The van der Waals surface area contributed by atoms with Gasteiger partial charge in [-0.2, -0.15) is 10.1 Å². The van der Waals surface area contributed by atoms with Crippen LogP contribution in [0.5, 0.6) is 5.75 Å². The van der Waals surface area contributed by atoms with Crippen LogP contribution in [0.2, 0.25) is 0 Å². The lowest BCUT2D eigenvalue weighted by atomic mass is 10.1. The number of hydrogen-bond acceptors (Lipinski definition) is 10. The van der Waals surface area contributed by atoms with E-state index in [0.717, 1.165) is 0 Å². The molecule has 37 heavy (non-hydrogen) atoms. The first kappa shape index (κ1) is 25.4. The summed E-state index contributed by atoms with van der Waals surface area (Å²) in [5.41, 5.74) is 5.22. The monoisotopic (exact) mass is 532 g/mol. The van der Waals surface area contributed by atoms with Crippen LogP contribution in [0.4, 0.5) is 5.95 Å². The van der Waals surface area contributed by atoms with Gasteiger partial charge in [0.25, 0.3) is 5.56 Å². The summed E-state index contributed by atoms with van der Waals surface area (Å²) in [6, 6.07) is 7.59. The lowest BCUT2D eigenvalue weighted by Crippen LogP contribution is -2.36. The zero-order valence-electron chi connectivity index (χ0n) is 20.8. The Balaban J connectivity index is 1.33. The number of aromatic nitrogens is 4. The van der Waals surface area contributed by atoms with Crippen molar-refractivity contribution >= 4 is 30.8 Å². The number of nitrogens with zero attached hydrogens (tertiary/aromatic N) is 3. The number of esters is 1. The molecule has 0 amide bonds. The standard InChI is InChI=1S/C23H29N6O7P/c1-12(2)33-21(31)13(3)28-37(32,35-14-8-6-5-7-9-14)36-18-17-23(18,4)10-15(34-17)29-11-25-16-19(29)26-22(24)27-20(16)30/h5-9,11-13,15,17-18H,10H2,1-4H3,(H,28,32)(H3,24,26,27,30)/t13-,15+,17+,18?,23+,37?/m0/s1. The fourth-order valence-electron chi connectivity index (χ4n) is 4.50. The van der Waals surface area contributed by atoms with Gasteiger partial charge in [-0.3, -0.25) is 23.7 Å². The number of carbonyl (C=O) groups is 1. The van der Waals surface area contributed by atoms with Gasteiger partial charge in [-0.05, 0) is 32.9 Å². The summed E-state index contributed by atoms with van der Waals surface area (Å²) in [5.74, 6) is -0.288. The molecule has 2 aromatic heterocycles. The summed E-state index contributed by atoms with van der Waals surface area (Å²) in [4.78, 5) is 35.2. The normalized spacial score (nSPS) is 27.0. The zero-order valence-corrected chi connectivity index (χ0v) is 21.7.